The summed E-state index contributed by atoms with van der Waals surface area (Å²) in [5, 5.41) is 11.1. The van der Waals surface area contributed by atoms with E-state index in [1.807, 2.05) is 0 Å². The van der Waals surface area contributed by atoms with Gasteiger partial charge in [0, 0.05) is 19.1 Å². The molecule has 0 unspecified atom stereocenters. The van der Waals surface area contributed by atoms with E-state index in [1.54, 1.807) is 12.2 Å². The first-order valence-electron chi connectivity index (χ1n) is 8.50. The maximum Gasteiger partial charge on any atom is 0.302 e. The molecule has 3 aliphatic rings. The lowest BCUT2D eigenvalue weighted by molar-refractivity contribution is -0.384. The molecule has 10 heteroatoms. The second-order valence-corrected chi connectivity index (χ2v) is 6.81. The van der Waals surface area contributed by atoms with Crippen molar-refractivity contribution in [2.45, 2.75) is 18.6 Å². The predicted molar refractivity (Wildman–Crippen MR) is 92.5 cm³/mol. The molecule has 10 nitrogen and oxygen atoms in total. The summed E-state index contributed by atoms with van der Waals surface area (Å²) in [7, 11) is 1.34. The molecular formula is C18H16N2O8. The van der Waals surface area contributed by atoms with E-state index in [0.717, 1.165) is 11.0 Å². The molecule has 3 aliphatic heterocycles. The second kappa shape index (κ2) is 6.13. The van der Waals surface area contributed by atoms with Gasteiger partial charge in [0.2, 0.25) is 11.8 Å². The smallest absolute Gasteiger partial charge is 0.302 e. The van der Waals surface area contributed by atoms with Gasteiger partial charge in [0.05, 0.1) is 30.0 Å². The van der Waals surface area contributed by atoms with Crippen molar-refractivity contribution in [1.82, 2.24) is 0 Å². The molecule has 2 bridgehead atoms. The first-order chi connectivity index (χ1) is 13.3. The number of anilines is 1. The minimum atomic E-state index is -1.23. The quantitative estimate of drug-likeness (QED) is 0.240. The number of nitro groups is 1. The van der Waals surface area contributed by atoms with Gasteiger partial charge in [-0.15, -0.1) is 0 Å². The lowest BCUT2D eigenvalue weighted by Gasteiger charge is -2.28. The molecule has 2 amide bonds. The van der Waals surface area contributed by atoms with Crippen LogP contribution in [0.3, 0.4) is 0 Å². The van der Waals surface area contributed by atoms with E-state index in [9.17, 15) is 24.5 Å². The zero-order chi connectivity index (χ0) is 20.2. The van der Waals surface area contributed by atoms with E-state index >= 15 is 0 Å². The number of fused-ring (bicyclic) bond motifs is 5. The monoisotopic (exact) mass is 388 g/mol. The number of nitrogens with zero attached hydrogens (tertiary/aromatic N) is 2. The number of amides is 2. The summed E-state index contributed by atoms with van der Waals surface area (Å²) in [6.07, 6.45) is 2.68. The van der Waals surface area contributed by atoms with Gasteiger partial charge in [-0.2, -0.15) is 0 Å². The van der Waals surface area contributed by atoms with Gasteiger partial charge < -0.3 is 14.2 Å². The molecule has 2 saturated heterocycles. The topological polar surface area (TPSA) is 125 Å². The lowest BCUT2D eigenvalue weighted by atomic mass is 9.77. The van der Waals surface area contributed by atoms with Crippen LogP contribution < -0.4 is 9.64 Å². The van der Waals surface area contributed by atoms with Crippen LogP contribution in [-0.2, 0) is 23.9 Å². The first kappa shape index (κ1) is 18.1. The third-order valence-electron chi connectivity index (χ3n) is 5.27. The van der Waals surface area contributed by atoms with Crippen LogP contribution in [0.4, 0.5) is 11.4 Å². The number of rotatable bonds is 5. The van der Waals surface area contributed by atoms with Crippen LogP contribution in [0.2, 0.25) is 0 Å². The van der Waals surface area contributed by atoms with Crippen molar-refractivity contribution in [3.05, 3.63) is 40.5 Å². The van der Waals surface area contributed by atoms with E-state index < -0.39 is 46.2 Å². The number of imide groups is 1. The summed E-state index contributed by atoms with van der Waals surface area (Å²) in [4.78, 5) is 49.0. The molecule has 28 heavy (non-hydrogen) atoms. The van der Waals surface area contributed by atoms with E-state index in [2.05, 4.69) is 0 Å². The molecule has 4 atom stereocenters. The van der Waals surface area contributed by atoms with Crippen LogP contribution in [-0.4, -0.2) is 48.1 Å². The largest absolute Gasteiger partial charge is 0.495 e. The number of carbonyl (C=O) groups is 3. The number of benzene rings is 1. The van der Waals surface area contributed by atoms with Gasteiger partial charge in [0.1, 0.15) is 23.6 Å². The summed E-state index contributed by atoms with van der Waals surface area (Å²) >= 11 is 0. The maximum absolute atomic E-state index is 13.2. The van der Waals surface area contributed by atoms with Gasteiger partial charge in [-0.25, -0.2) is 4.90 Å². The van der Waals surface area contributed by atoms with Crippen LogP contribution in [0.25, 0.3) is 0 Å². The fourth-order valence-corrected chi connectivity index (χ4v) is 4.09. The highest BCUT2D eigenvalue weighted by Gasteiger charge is 2.68. The summed E-state index contributed by atoms with van der Waals surface area (Å²) < 4.78 is 16.1. The van der Waals surface area contributed by atoms with E-state index in [0.29, 0.717) is 0 Å². The Balaban J connectivity index is 1.75. The van der Waals surface area contributed by atoms with Crippen LogP contribution >= 0.6 is 0 Å². The molecule has 1 aromatic rings. The Labute approximate surface area is 158 Å². The molecular weight excluding hydrogens is 372 g/mol. The van der Waals surface area contributed by atoms with E-state index in [4.69, 9.17) is 14.2 Å². The van der Waals surface area contributed by atoms with Gasteiger partial charge in [-0.3, -0.25) is 24.5 Å². The Morgan fingerprint density at radius 2 is 2.11 bits per heavy atom. The molecule has 3 heterocycles. The van der Waals surface area contributed by atoms with Crippen molar-refractivity contribution in [2.24, 2.45) is 11.8 Å². The Kier molecular flexibility index (Phi) is 3.96. The molecule has 0 aromatic heterocycles. The average molecular weight is 388 g/mol. The summed E-state index contributed by atoms with van der Waals surface area (Å²) in [6, 6.07) is 3.69. The third-order valence-corrected chi connectivity index (χ3v) is 5.27. The number of ether oxygens (including phenoxy) is 3. The Bertz CT molecular complexity index is 942. The summed E-state index contributed by atoms with van der Waals surface area (Å²) in [5.74, 6) is -3.18. The normalized spacial score (nSPS) is 29.9. The minimum Gasteiger partial charge on any atom is -0.495 e. The number of non-ortho nitro benzene ring substituents is 1. The Morgan fingerprint density at radius 1 is 1.36 bits per heavy atom. The Hall–Kier alpha value is -3.27. The van der Waals surface area contributed by atoms with Crippen molar-refractivity contribution >= 4 is 29.2 Å². The van der Waals surface area contributed by atoms with Crippen LogP contribution in [0, 0.1) is 22.0 Å². The Morgan fingerprint density at radius 3 is 2.75 bits per heavy atom. The van der Waals surface area contributed by atoms with Gasteiger partial charge >= 0.3 is 5.97 Å². The average Bonchev–Trinajstić information content (AvgIpc) is 3.30. The van der Waals surface area contributed by atoms with E-state index in [-0.39, 0.29) is 23.7 Å². The summed E-state index contributed by atoms with van der Waals surface area (Å²) in [5.41, 5.74) is -1.50. The van der Waals surface area contributed by atoms with Gasteiger partial charge in [0.25, 0.3) is 5.69 Å². The van der Waals surface area contributed by atoms with Crippen LogP contribution in [0.5, 0.6) is 5.75 Å². The lowest BCUT2D eigenvalue weighted by Crippen LogP contribution is -2.44. The molecule has 4 rings (SSSR count). The first-order valence-corrected chi connectivity index (χ1v) is 8.50. The van der Waals surface area contributed by atoms with Crippen LogP contribution in [0.15, 0.2) is 30.4 Å². The number of methoxy groups -OCH3 is 1. The fraction of sp³-hybridized carbons (Fsp3) is 0.389. The number of nitro benzene ring substituents is 1. The SMILES string of the molecule is COc1ccc([N+](=O)[O-])cc1N1C(=O)[C@H]2[C@@H](C1=O)[C@@]1(COC(C)=O)C=C[C@H]2O1. The predicted octanol–water partition coefficient (Wildman–Crippen LogP) is 0.979. The highest BCUT2D eigenvalue weighted by Crippen LogP contribution is 2.53. The number of hydrogen-bond donors (Lipinski definition) is 0. The molecule has 0 aliphatic carbocycles. The van der Waals surface area contributed by atoms with Crippen molar-refractivity contribution in [2.75, 3.05) is 18.6 Å². The molecule has 2 fully saturated rings. The third kappa shape index (κ3) is 2.41. The molecule has 0 saturated carbocycles. The molecule has 0 spiro atoms. The standard InChI is InChI=1S/C18H16N2O8/c1-9(21)27-8-18-6-5-13(28-18)14-15(18)17(23)19(16(14)22)11-7-10(20(24)25)3-4-12(11)26-2/h3-7,13-15H,8H2,1-2H3/t13-,14-,15+,18+/m1/s1. The fourth-order valence-electron chi connectivity index (χ4n) is 4.09. The molecule has 146 valence electrons. The summed E-state index contributed by atoms with van der Waals surface area (Å²) in [6.45, 7) is 1.04. The zero-order valence-corrected chi connectivity index (χ0v) is 15.0. The van der Waals surface area contributed by atoms with Crippen molar-refractivity contribution in [3.63, 3.8) is 0 Å². The van der Waals surface area contributed by atoms with Gasteiger partial charge in [-0.05, 0) is 12.1 Å². The van der Waals surface area contributed by atoms with Gasteiger partial charge in [-0.1, -0.05) is 6.08 Å². The number of hydrogen-bond acceptors (Lipinski definition) is 8. The molecule has 0 radical (unpaired) electrons. The molecule has 1 aromatic carbocycles. The van der Waals surface area contributed by atoms with Crippen molar-refractivity contribution in [3.8, 4) is 5.75 Å². The highest BCUT2D eigenvalue weighted by molar-refractivity contribution is 6.24. The maximum atomic E-state index is 13.2. The minimum absolute atomic E-state index is 0.00290. The van der Waals surface area contributed by atoms with Crippen molar-refractivity contribution in [1.29, 1.82) is 0 Å². The van der Waals surface area contributed by atoms with E-state index in [1.165, 1.54) is 26.2 Å². The second-order valence-electron chi connectivity index (χ2n) is 6.81. The number of carbonyl (C=O) groups excluding carboxylic acids is 3. The van der Waals surface area contributed by atoms with Gasteiger partial charge in [0.15, 0.2) is 0 Å². The molecule has 0 N–H and O–H groups in total. The zero-order valence-electron chi connectivity index (χ0n) is 15.0. The number of esters is 1. The highest BCUT2D eigenvalue weighted by atomic mass is 16.6. The van der Waals surface area contributed by atoms with Crippen molar-refractivity contribution < 1.29 is 33.5 Å². The van der Waals surface area contributed by atoms with Crippen LogP contribution in [0.1, 0.15) is 6.92 Å².